The fourth-order valence-electron chi connectivity index (χ4n) is 2.87. The van der Waals surface area contributed by atoms with Gasteiger partial charge in [-0.1, -0.05) is 0 Å². The van der Waals surface area contributed by atoms with E-state index < -0.39 is 0 Å². The predicted octanol–water partition coefficient (Wildman–Crippen LogP) is 2.46. The Hall–Kier alpha value is -2.41. The number of hydrogen-bond donors (Lipinski definition) is 0. The van der Waals surface area contributed by atoms with Crippen molar-refractivity contribution in [1.29, 1.82) is 0 Å². The van der Waals surface area contributed by atoms with Crippen molar-refractivity contribution in [3.63, 3.8) is 0 Å². The highest BCUT2D eigenvalue weighted by Crippen LogP contribution is 2.17. The highest BCUT2D eigenvalue weighted by molar-refractivity contribution is 7.12. The van der Waals surface area contributed by atoms with E-state index in [-0.39, 0.29) is 24.0 Å². The van der Waals surface area contributed by atoms with Crippen molar-refractivity contribution in [2.45, 2.75) is 19.8 Å². The molecule has 2 aromatic rings. The number of nitrogens with zero attached hydrogens (tertiary/aromatic N) is 2. The Kier molecular flexibility index (Phi) is 5.33. The number of carbonyl (C=O) groups excluding carboxylic acids is 3. The first-order valence-corrected chi connectivity index (χ1v) is 9.11. The summed E-state index contributed by atoms with van der Waals surface area (Å²) in [7, 11) is 0. The normalized spacial score (nSPS) is 15.1. The Morgan fingerprint density at radius 2 is 1.92 bits per heavy atom. The van der Waals surface area contributed by atoms with Crippen LogP contribution in [0.4, 0.5) is 0 Å². The van der Waals surface area contributed by atoms with Gasteiger partial charge in [-0.2, -0.15) is 0 Å². The van der Waals surface area contributed by atoms with Crippen LogP contribution < -0.4 is 0 Å². The molecule has 1 saturated heterocycles. The zero-order valence-corrected chi connectivity index (χ0v) is 14.9. The number of carbonyl (C=O) groups is 3. The van der Waals surface area contributed by atoms with Crippen LogP contribution in [0.3, 0.4) is 0 Å². The van der Waals surface area contributed by atoms with Crippen molar-refractivity contribution >= 4 is 28.9 Å². The van der Waals surface area contributed by atoms with Crippen LogP contribution in [0, 0.1) is 0 Å². The van der Waals surface area contributed by atoms with Crippen LogP contribution in [0.1, 0.15) is 39.1 Å². The summed E-state index contributed by atoms with van der Waals surface area (Å²) in [5, 5.41) is 1.86. The van der Waals surface area contributed by atoms with Crippen LogP contribution in [0.15, 0.2) is 34.3 Å². The minimum absolute atomic E-state index is 0.0190. The van der Waals surface area contributed by atoms with Crippen molar-refractivity contribution in [3.05, 3.63) is 46.0 Å². The summed E-state index contributed by atoms with van der Waals surface area (Å²) >= 11 is 1.37. The smallest absolute Gasteiger partial charge is 0.289 e. The molecule has 0 aliphatic carbocycles. The SMILES string of the molecule is CC(=O)c1cc(CC(=O)N2CCCN(C(=O)c3ccco3)CC2)cs1. The van der Waals surface area contributed by atoms with E-state index in [1.807, 2.05) is 5.38 Å². The average molecular weight is 360 g/mol. The molecule has 6 nitrogen and oxygen atoms in total. The van der Waals surface area contributed by atoms with Crippen molar-refractivity contribution < 1.29 is 18.8 Å². The maximum absolute atomic E-state index is 12.5. The summed E-state index contributed by atoms with van der Waals surface area (Å²) in [6, 6.07) is 5.13. The minimum atomic E-state index is -0.136. The standard InChI is InChI=1S/C18H20N2O4S/c1-13(21)16-10-14(12-25-16)11-17(22)19-5-3-6-20(8-7-19)18(23)15-4-2-9-24-15/h2,4,9-10,12H,3,5-8,11H2,1H3. The summed E-state index contributed by atoms with van der Waals surface area (Å²) in [6.07, 6.45) is 2.51. The van der Waals surface area contributed by atoms with Crippen molar-refractivity contribution in [2.24, 2.45) is 0 Å². The maximum Gasteiger partial charge on any atom is 0.289 e. The Bertz CT molecular complexity index is 766. The van der Waals surface area contributed by atoms with E-state index in [0.717, 1.165) is 12.0 Å². The topological polar surface area (TPSA) is 70.8 Å². The number of amides is 2. The van der Waals surface area contributed by atoms with Crippen LogP contribution in [-0.4, -0.2) is 53.6 Å². The number of furan rings is 1. The summed E-state index contributed by atoms with van der Waals surface area (Å²) in [4.78, 5) is 40.4. The van der Waals surface area contributed by atoms with Gasteiger partial charge in [0.1, 0.15) is 0 Å². The lowest BCUT2D eigenvalue weighted by Crippen LogP contribution is -2.37. The molecule has 2 amide bonds. The molecular weight excluding hydrogens is 340 g/mol. The molecule has 1 aliphatic rings. The lowest BCUT2D eigenvalue weighted by molar-refractivity contribution is -0.130. The van der Waals surface area contributed by atoms with Gasteiger partial charge in [-0.15, -0.1) is 11.3 Å². The van der Waals surface area contributed by atoms with Gasteiger partial charge in [-0.25, -0.2) is 0 Å². The first-order valence-electron chi connectivity index (χ1n) is 8.23. The number of ketones is 1. The third-order valence-electron chi connectivity index (χ3n) is 4.22. The van der Waals surface area contributed by atoms with E-state index in [4.69, 9.17) is 4.42 Å². The summed E-state index contributed by atoms with van der Waals surface area (Å²) in [5.74, 6) is 0.240. The highest BCUT2D eigenvalue weighted by atomic mass is 32.1. The van der Waals surface area contributed by atoms with Gasteiger partial charge in [-0.05, 0) is 42.5 Å². The first kappa shape index (κ1) is 17.4. The van der Waals surface area contributed by atoms with Crippen LogP contribution >= 0.6 is 11.3 Å². The molecule has 2 aromatic heterocycles. The van der Waals surface area contributed by atoms with Crippen LogP contribution in [0.25, 0.3) is 0 Å². The van der Waals surface area contributed by atoms with Gasteiger partial charge in [0.15, 0.2) is 11.5 Å². The zero-order valence-electron chi connectivity index (χ0n) is 14.1. The van der Waals surface area contributed by atoms with Gasteiger partial charge in [0, 0.05) is 26.2 Å². The Morgan fingerprint density at radius 3 is 2.60 bits per heavy atom. The summed E-state index contributed by atoms with van der Waals surface area (Å²) < 4.78 is 5.17. The Morgan fingerprint density at radius 1 is 1.16 bits per heavy atom. The minimum Gasteiger partial charge on any atom is -0.459 e. The maximum atomic E-state index is 12.5. The van der Waals surface area contributed by atoms with Crippen LogP contribution in [0.5, 0.6) is 0 Å². The number of rotatable bonds is 4. The first-order chi connectivity index (χ1) is 12.0. The highest BCUT2D eigenvalue weighted by Gasteiger charge is 2.24. The Labute approximate surface area is 150 Å². The molecule has 0 saturated carbocycles. The van der Waals surface area contributed by atoms with E-state index in [0.29, 0.717) is 36.8 Å². The van der Waals surface area contributed by atoms with Crippen molar-refractivity contribution in [2.75, 3.05) is 26.2 Å². The molecule has 3 heterocycles. The molecule has 0 radical (unpaired) electrons. The van der Waals surface area contributed by atoms with Gasteiger partial charge in [0.2, 0.25) is 5.91 Å². The molecule has 1 aliphatic heterocycles. The molecule has 132 valence electrons. The molecule has 0 atom stereocenters. The van der Waals surface area contributed by atoms with Crippen LogP contribution in [0.2, 0.25) is 0 Å². The van der Waals surface area contributed by atoms with E-state index in [9.17, 15) is 14.4 Å². The molecule has 0 spiro atoms. The quantitative estimate of drug-likeness (QED) is 0.786. The fourth-order valence-corrected chi connectivity index (χ4v) is 3.68. The monoisotopic (exact) mass is 360 g/mol. The van der Waals surface area contributed by atoms with Gasteiger partial charge < -0.3 is 14.2 Å². The number of hydrogen-bond acceptors (Lipinski definition) is 5. The molecule has 0 N–H and O–H groups in total. The molecule has 3 rings (SSSR count). The van der Waals surface area contributed by atoms with Gasteiger partial charge in [0.25, 0.3) is 5.91 Å². The third-order valence-corrected chi connectivity index (χ3v) is 5.30. The number of thiophene rings is 1. The van der Waals surface area contributed by atoms with Gasteiger partial charge in [0.05, 0.1) is 17.6 Å². The third kappa shape index (κ3) is 4.17. The second-order valence-corrected chi connectivity index (χ2v) is 6.97. The summed E-state index contributed by atoms with van der Waals surface area (Å²) in [6.45, 7) is 3.76. The van der Waals surface area contributed by atoms with Gasteiger partial charge in [-0.3, -0.25) is 14.4 Å². The largest absolute Gasteiger partial charge is 0.459 e. The number of Topliss-reactive ketones (excluding diaryl/α,β-unsaturated/α-hetero) is 1. The second-order valence-electron chi connectivity index (χ2n) is 6.06. The molecular formula is C18H20N2O4S. The summed E-state index contributed by atoms with van der Waals surface area (Å²) in [5.41, 5.74) is 0.868. The van der Waals surface area contributed by atoms with E-state index in [1.165, 1.54) is 24.5 Å². The van der Waals surface area contributed by atoms with E-state index in [2.05, 4.69) is 0 Å². The van der Waals surface area contributed by atoms with Crippen molar-refractivity contribution in [1.82, 2.24) is 9.80 Å². The second kappa shape index (κ2) is 7.65. The molecule has 0 aromatic carbocycles. The lowest BCUT2D eigenvalue weighted by atomic mass is 10.2. The molecule has 0 bridgehead atoms. The average Bonchev–Trinajstić information content (AvgIpc) is 3.21. The van der Waals surface area contributed by atoms with Crippen LogP contribution in [-0.2, 0) is 11.2 Å². The molecule has 7 heteroatoms. The fraction of sp³-hybridized carbons (Fsp3) is 0.389. The molecule has 25 heavy (non-hydrogen) atoms. The molecule has 0 unspecified atom stereocenters. The zero-order chi connectivity index (χ0) is 17.8. The van der Waals surface area contributed by atoms with E-state index >= 15 is 0 Å². The molecule has 1 fully saturated rings. The lowest BCUT2D eigenvalue weighted by Gasteiger charge is -2.21. The predicted molar refractivity (Wildman–Crippen MR) is 93.8 cm³/mol. The van der Waals surface area contributed by atoms with Gasteiger partial charge >= 0.3 is 0 Å². The Balaban J connectivity index is 1.57. The van der Waals surface area contributed by atoms with Crippen molar-refractivity contribution in [3.8, 4) is 0 Å². The van der Waals surface area contributed by atoms with E-state index in [1.54, 1.807) is 28.0 Å².